The number of carbonyl (C=O) groups is 3. The second-order valence-corrected chi connectivity index (χ2v) is 10.2. The summed E-state index contributed by atoms with van der Waals surface area (Å²) in [4.78, 5) is 43.6. The van der Waals surface area contributed by atoms with Crippen LogP contribution in [-0.2, 0) is 20.9 Å². The lowest BCUT2D eigenvalue weighted by molar-refractivity contribution is -0.146. The maximum atomic E-state index is 14.3. The Morgan fingerprint density at radius 1 is 0.767 bits per heavy atom. The highest BCUT2D eigenvalue weighted by Gasteiger charge is 2.58. The topological polar surface area (TPSA) is 84.9 Å². The van der Waals surface area contributed by atoms with Crippen molar-refractivity contribution in [2.45, 2.75) is 24.5 Å². The third kappa shape index (κ3) is 6.11. The molecule has 0 radical (unpaired) electrons. The summed E-state index contributed by atoms with van der Waals surface area (Å²) in [7, 11) is 2.79. The Kier molecular flexibility index (Phi) is 8.80. The molecule has 7 nitrogen and oxygen atoms in total. The van der Waals surface area contributed by atoms with E-state index in [-0.39, 0.29) is 12.1 Å². The number of likely N-dealkylation sites (tertiary alicyclic amines) is 1. The molecule has 2 amide bonds. The number of carbonyl (C=O) groups excluding carboxylic acids is 3. The third-order valence-corrected chi connectivity index (χ3v) is 7.76. The summed E-state index contributed by atoms with van der Waals surface area (Å²) in [6.45, 7) is 0.0613. The van der Waals surface area contributed by atoms with Crippen LogP contribution in [0.5, 0.6) is 5.75 Å². The van der Waals surface area contributed by atoms with Crippen molar-refractivity contribution in [1.29, 1.82) is 0 Å². The summed E-state index contributed by atoms with van der Waals surface area (Å²) < 4.78 is 37.9. The van der Waals surface area contributed by atoms with Gasteiger partial charge in [-0.1, -0.05) is 54.6 Å². The zero-order chi connectivity index (χ0) is 30.5. The molecule has 43 heavy (non-hydrogen) atoms. The lowest BCUT2D eigenvalue weighted by Crippen LogP contribution is -2.48. The maximum Gasteiger partial charge on any atom is 0.311 e. The monoisotopic (exact) mass is 584 g/mol. The van der Waals surface area contributed by atoms with Crippen LogP contribution in [0.25, 0.3) is 0 Å². The highest BCUT2D eigenvalue weighted by Crippen LogP contribution is 2.51. The van der Waals surface area contributed by atoms with Crippen LogP contribution < -0.4 is 10.1 Å². The first-order chi connectivity index (χ1) is 20.8. The lowest BCUT2D eigenvalue weighted by atomic mass is 9.79. The summed E-state index contributed by atoms with van der Waals surface area (Å²) in [5.41, 5.74) is 2.04. The molecule has 9 heteroatoms. The summed E-state index contributed by atoms with van der Waals surface area (Å²) in [6, 6.07) is 24.5. The predicted octanol–water partition coefficient (Wildman–Crippen LogP) is 5.43. The Balaban J connectivity index is 1.67. The molecule has 4 unspecified atom stereocenters. The smallest absolute Gasteiger partial charge is 0.311 e. The molecule has 0 saturated carbocycles. The number of hydrogen-bond acceptors (Lipinski definition) is 5. The zero-order valence-corrected chi connectivity index (χ0v) is 23.6. The van der Waals surface area contributed by atoms with Crippen LogP contribution >= 0.6 is 0 Å². The molecule has 0 spiro atoms. The molecule has 220 valence electrons. The van der Waals surface area contributed by atoms with Crippen LogP contribution in [0.2, 0.25) is 0 Å². The molecule has 0 aliphatic carbocycles. The summed E-state index contributed by atoms with van der Waals surface area (Å²) in [5, 5.41) is 2.89. The maximum absolute atomic E-state index is 14.3. The number of hydrogen-bond donors (Lipinski definition) is 1. The predicted molar refractivity (Wildman–Crippen MR) is 155 cm³/mol. The van der Waals surface area contributed by atoms with Gasteiger partial charge < -0.3 is 19.7 Å². The normalized spacial score (nSPS) is 19.5. The first-order valence-electron chi connectivity index (χ1n) is 13.7. The van der Waals surface area contributed by atoms with Crippen LogP contribution in [0.4, 0.5) is 8.78 Å². The van der Waals surface area contributed by atoms with Crippen LogP contribution in [0.15, 0.2) is 103 Å². The molecule has 1 N–H and O–H groups in total. The molecule has 1 heterocycles. The first-order valence-corrected chi connectivity index (χ1v) is 13.7. The van der Waals surface area contributed by atoms with Gasteiger partial charge >= 0.3 is 5.97 Å². The van der Waals surface area contributed by atoms with Crippen LogP contribution in [-0.4, -0.2) is 42.9 Å². The molecule has 5 rings (SSSR count). The quantitative estimate of drug-likeness (QED) is 0.279. The molecular weight excluding hydrogens is 554 g/mol. The van der Waals surface area contributed by atoms with Gasteiger partial charge in [-0.05, 0) is 65.2 Å². The number of amides is 2. The Labute approximate surface area is 248 Å². The molecule has 1 aliphatic heterocycles. The Morgan fingerprint density at radius 2 is 1.37 bits per heavy atom. The zero-order valence-electron chi connectivity index (χ0n) is 23.6. The largest absolute Gasteiger partial charge is 0.497 e. The summed E-state index contributed by atoms with van der Waals surface area (Å²) in [6.07, 6.45) is 0. The molecule has 4 aromatic rings. The second kappa shape index (κ2) is 12.9. The van der Waals surface area contributed by atoms with Gasteiger partial charge in [-0.25, -0.2) is 8.78 Å². The van der Waals surface area contributed by atoms with Crippen molar-refractivity contribution < 1.29 is 32.6 Å². The van der Waals surface area contributed by atoms with E-state index in [1.807, 2.05) is 6.07 Å². The van der Waals surface area contributed by atoms with Crippen molar-refractivity contribution >= 4 is 17.8 Å². The summed E-state index contributed by atoms with van der Waals surface area (Å²) >= 11 is 0. The van der Waals surface area contributed by atoms with E-state index in [4.69, 9.17) is 9.47 Å². The van der Waals surface area contributed by atoms with Gasteiger partial charge in [-0.15, -0.1) is 0 Å². The molecule has 1 saturated heterocycles. The lowest BCUT2D eigenvalue weighted by Gasteiger charge is -2.31. The number of benzene rings is 4. The van der Waals surface area contributed by atoms with Crippen molar-refractivity contribution in [2.75, 3.05) is 14.2 Å². The standard InChI is InChI=1S/C34H30F2N2O5/c1-42-27-18-12-23(13-19-27)30-29(34(41)43-2)28(22-6-4-3-5-7-22)31(32(39)37-20-21-8-14-25(35)15-9-21)38(30)33(40)24-10-16-26(36)17-11-24/h3-19,28-31H,20H2,1-2H3,(H,37,39). The number of nitrogens with zero attached hydrogens (tertiary/aromatic N) is 1. The fourth-order valence-corrected chi connectivity index (χ4v) is 5.74. The Hall–Kier alpha value is -5.05. The fourth-order valence-electron chi connectivity index (χ4n) is 5.74. The first kappa shape index (κ1) is 29.4. The number of halogens is 2. The SMILES string of the molecule is COC(=O)C1C(c2ccccc2)C(C(=O)NCc2ccc(F)cc2)N(C(=O)c2ccc(F)cc2)C1c1ccc(OC)cc1. The second-order valence-electron chi connectivity index (χ2n) is 10.2. The number of ether oxygens (including phenoxy) is 2. The van der Waals surface area contributed by atoms with Gasteiger partial charge in [-0.2, -0.15) is 0 Å². The average molecular weight is 585 g/mol. The molecular formula is C34H30F2N2O5. The van der Waals surface area contributed by atoms with E-state index in [1.54, 1.807) is 60.7 Å². The van der Waals surface area contributed by atoms with Gasteiger partial charge in [0.05, 0.1) is 26.2 Å². The minimum absolute atomic E-state index is 0.0613. The van der Waals surface area contributed by atoms with Gasteiger partial charge in [0.15, 0.2) is 0 Å². The Morgan fingerprint density at radius 3 is 1.95 bits per heavy atom. The minimum Gasteiger partial charge on any atom is -0.497 e. The van der Waals surface area contributed by atoms with E-state index in [0.717, 1.165) is 0 Å². The van der Waals surface area contributed by atoms with Crippen molar-refractivity contribution in [3.63, 3.8) is 0 Å². The van der Waals surface area contributed by atoms with Crippen molar-refractivity contribution in [3.8, 4) is 5.75 Å². The van der Waals surface area contributed by atoms with E-state index >= 15 is 0 Å². The van der Waals surface area contributed by atoms with Gasteiger partial charge in [0.1, 0.15) is 23.4 Å². The number of esters is 1. The van der Waals surface area contributed by atoms with Crippen LogP contribution in [0, 0.1) is 17.6 Å². The molecule has 0 bridgehead atoms. The number of rotatable bonds is 8. The molecule has 1 fully saturated rings. The third-order valence-electron chi connectivity index (χ3n) is 7.76. The van der Waals surface area contributed by atoms with Crippen LogP contribution in [0.3, 0.4) is 0 Å². The average Bonchev–Trinajstić information content (AvgIpc) is 3.40. The number of nitrogens with one attached hydrogen (secondary N) is 1. The van der Waals surface area contributed by atoms with Gasteiger partial charge in [-0.3, -0.25) is 14.4 Å². The Bertz CT molecular complexity index is 1580. The van der Waals surface area contributed by atoms with Gasteiger partial charge in [0.25, 0.3) is 5.91 Å². The molecule has 0 aromatic heterocycles. The van der Waals surface area contributed by atoms with E-state index in [2.05, 4.69) is 5.32 Å². The molecule has 4 aromatic carbocycles. The molecule has 4 atom stereocenters. The minimum atomic E-state index is -1.17. The van der Waals surface area contributed by atoms with E-state index in [1.165, 1.54) is 55.5 Å². The van der Waals surface area contributed by atoms with Gasteiger partial charge in [0, 0.05) is 18.0 Å². The van der Waals surface area contributed by atoms with E-state index in [0.29, 0.717) is 22.4 Å². The number of methoxy groups -OCH3 is 2. The van der Waals surface area contributed by atoms with Crippen molar-refractivity contribution in [2.24, 2.45) is 5.92 Å². The summed E-state index contributed by atoms with van der Waals surface area (Å²) in [5.74, 6) is -3.82. The van der Waals surface area contributed by atoms with E-state index < -0.39 is 53.3 Å². The van der Waals surface area contributed by atoms with Crippen molar-refractivity contribution in [1.82, 2.24) is 10.2 Å². The van der Waals surface area contributed by atoms with E-state index in [9.17, 15) is 23.2 Å². The highest BCUT2D eigenvalue weighted by atomic mass is 19.1. The van der Waals surface area contributed by atoms with Crippen molar-refractivity contribution in [3.05, 3.63) is 137 Å². The fraction of sp³-hybridized carbons (Fsp3) is 0.206. The highest BCUT2D eigenvalue weighted by molar-refractivity contribution is 6.00. The molecule has 1 aliphatic rings. The van der Waals surface area contributed by atoms with Gasteiger partial charge in [0.2, 0.25) is 5.91 Å². The van der Waals surface area contributed by atoms with Crippen LogP contribution in [0.1, 0.15) is 39.0 Å².